The van der Waals surface area contributed by atoms with Crippen molar-refractivity contribution in [1.29, 1.82) is 0 Å². The molecule has 0 aliphatic carbocycles. The summed E-state index contributed by atoms with van der Waals surface area (Å²) in [5.74, 6) is 0.587. The molecule has 0 aliphatic heterocycles. The molecular weight excluding hydrogens is 126 g/mol. The number of halogens is 1. The van der Waals surface area contributed by atoms with Crippen LogP contribution in [0.15, 0.2) is 0 Å². The Balaban J connectivity index is 2.53. The molecule has 0 amide bonds. The molecule has 0 fully saturated rings. The summed E-state index contributed by atoms with van der Waals surface area (Å²) in [6, 6.07) is 0. The van der Waals surface area contributed by atoms with Gasteiger partial charge < -0.3 is 10.1 Å². The van der Waals surface area contributed by atoms with Crippen LogP contribution in [0.4, 0.5) is 0 Å². The SMILES string of the molecule is CNCCOCCCl. The van der Waals surface area contributed by atoms with Gasteiger partial charge in [-0.25, -0.2) is 0 Å². The minimum Gasteiger partial charge on any atom is -0.379 e. The van der Waals surface area contributed by atoms with Crippen LogP contribution in [0.5, 0.6) is 0 Å². The summed E-state index contributed by atoms with van der Waals surface area (Å²) in [6.45, 7) is 2.31. The summed E-state index contributed by atoms with van der Waals surface area (Å²) in [7, 11) is 1.89. The quantitative estimate of drug-likeness (QED) is 0.439. The monoisotopic (exact) mass is 137 g/mol. The standard InChI is InChI=1S/C5H12ClNO/c1-7-3-5-8-4-2-6/h7H,2-5H2,1H3. The van der Waals surface area contributed by atoms with E-state index in [1.807, 2.05) is 7.05 Å². The van der Waals surface area contributed by atoms with Gasteiger partial charge in [0.2, 0.25) is 0 Å². The molecule has 0 aromatic rings. The van der Waals surface area contributed by atoms with Gasteiger partial charge in [-0.2, -0.15) is 0 Å². The first-order chi connectivity index (χ1) is 3.91. The lowest BCUT2D eigenvalue weighted by molar-refractivity contribution is 0.152. The van der Waals surface area contributed by atoms with Crippen LogP contribution in [0.25, 0.3) is 0 Å². The Bertz CT molecular complexity index is 37.4. The minimum atomic E-state index is 0.587. The Labute approximate surface area is 55.2 Å². The van der Waals surface area contributed by atoms with Crippen molar-refractivity contribution >= 4 is 11.6 Å². The largest absolute Gasteiger partial charge is 0.379 e. The molecule has 3 heteroatoms. The van der Waals surface area contributed by atoms with Crippen molar-refractivity contribution in [3.63, 3.8) is 0 Å². The summed E-state index contributed by atoms with van der Waals surface area (Å²) in [5, 5.41) is 2.96. The summed E-state index contributed by atoms with van der Waals surface area (Å²) in [5.41, 5.74) is 0. The van der Waals surface area contributed by atoms with Gasteiger partial charge in [-0.3, -0.25) is 0 Å². The van der Waals surface area contributed by atoms with Gasteiger partial charge in [-0.1, -0.05) is 0 Å². The van der Waals surface area contributed by atoms with E-state index in [2.05, 4.69) is 5.32 Å². The van der Waals surface area contributed by atoms with Gasteiger partial charge in [0.15, 0.2) is 0 Å². The third-order valence-electron chi connectivity index (χ3n) is 0.718. The van der Waals surface area contributed by atoms with Gasteiger partial charge in [0.05, 0.1) is 13.2 Å². The molecule has 0 aromatic heterocycles. The molecule has 0 rings (SSSR count). The average molecular weight is 138 g/mol. The van der Waals surface area contributed by atoms with Crippen molar-refractivity contribution in [3.05, 3.63) is 0 Å². The zero-order chi connectivity index (χ0) is 6.24. The first-order valence-corrected chi connectivity index (χ1v) is 3.23. The molecule has 0 saturated carbocycles. The number of ether oxygens (including phenoxy) is 1. The predicted octanol–water partition coefficient (Wildman–Crippen LogP) is 0.461. The van der Waals surface area contributed by atoms with Gasteiger partial charge in [0, 0.05) is 12.4 Å². The maximum absolute atomic E-state index is 5.34. The number of rotatable bonds is 5. The second kappa shape index (κ2) is 7.21. The van der Waals surface area contributed by atoms with Crippen LogP contribution in [0, 0.1) is 0 Å². The molecule has 0 heterocycles. The lowest BCUT2D eigenvalue weighted by Crippen LogP contribution is -2.14. The fraction of sp³-hybridized carbons (Fsp3) is 1.00. The lowest BCUT2D eigenvalue weighted by Gasteiger charge is -1.98. The number of hydrogen-bond donors (Lipinski definition) is 1. The predicted molar refractivity (Wildman–Crippen MR) is 35.5 cm³/mol. The molecule has 0 radical (unpaired) electrons. The molecule has 0 aromatic carbocycles. The van der Waals surface area contributed by atoms with Crippen LogP contribution in [0.2, 0.25) is 0 Å². The highest BCUT2D eigenvalue weighted by Gasteiger charge is 1.81. The zero-order valence-electron chi connectivity index (χ0n) is 5.11. The second-order valence-electron chi connectivity index (χ2n) is 1.40. The van der Waals surface area contributed by atoms with Crippen molar-refractivity contribution in [3.8, 4) is 0 Å². The lowest BCUT2D eigenvalue weighted by atomic mass is 10.7. The van der Waals surface area contributed by atoms with Crippen LogP contribution >= 0.6 is 11.6 Å². The molecule has 0 saturated heterocycles. The molecule has 50 valence electrons. The van der Waals surface area contributed by atoms with E-state index < -0.39 is 0 Å². The third-order valence-corrected chi connectivity index (χ3v) is 0.872. The summed E-state index contributed by atoms with van der Waals surface area (Å²) >= 11 is 5.34. The fourth-order valence-corrected chi connectivity index (χ4v) is 0.440. The van der Waals surface area contributed by atoms with Crippen LogP contribution in [-0.2, 0) is 4.74 Å². The summed E-state index contributed by atoms with van der Waals surface area (Å²) < 4.78 is 5.03. The third kappa shape index (κ3) is 6.21. The van der Waals surface area contributed by atoms with Crippen molar-refractivity contribution in [2.75, 3.05) is 32.7 Å². The molecule has 8 heavy (non-hydrogen) atoms. The van der Waals surface area contributed by atoms with E-state index in [9.17, 15) is 0 Å². The van der Waals surface area contributed by atoms with Crippen molar-refractivity contribution in [1.82, 2.24) is 5.32 Å². The van der Waals surface area contributed by atoms with E-state index in [1.54, 1.807) is 0 Å². The molecular formula is C5H12ClNO. The van der Waals surface area contributed by atoms with E-state index in [4.69, 9.17) is 16.3 Å². The Morgan fingerprint density at radius 3 is 2.75 bits per heavy atom. The highest BCUT2D eigenvalue weighted by Crippen LogP contribution is 1.76. The van der Waals surface area contributed by atoms with Crippen LogP contribution < -0.4 is 5.32 Å². The van der Waals surface area contributed by atoms with E-state index in [0.717, 1.165) is 13.2 Å². The highest BCUT2D eigenvalue weighted by molar-refractivity contribution is 6.17. The number of alkyl halides is 1. The smallest absolute Gasteiger partial charge is 0.0602 e. The van der Waals surface area contributed by atoms with E-state index in [0.29, 0.717) is 12.5 Å². The molecule has 1 N–H and O–H groups in total. The molecule has 0 bridgehead atoms. The highest BCUT2D eigenvalue weighted by atomic mass is 35.5. The van der Waals surface area contributed by atoms with Gasteiger partial charge in [0.25, 0.3) is 0 Å². The summed E-state index contributed by atoms with van der Waals surface area (Å²) in [4.78, 5) is 0. The Kier molecular flexibility index (Phi) is 7.40. The first kappa shape index (κ1) is 8.21. The molecule has 0 spiro atoms. The molecule has 0 atom stereocenters. The number of hydrogen-bond acceptors (Lipinski definition) is 2. The maximum Gasteiger partial charge on any atom is 0.0602 e. The Morgan fingerprint density at radius 2 is 2.25 bits per heavy atom. The van der Waals surface area contributed by atoms with Gasteiger partial charge >= 0.3 is 0 Å². The van der Waals surface area contributed by atoms with Crippen molar-refractivity contribution in [2.45, 2.75) is 0 Å². The Hall–Kier alpha value is 0.210. The second-order valence-corrected chi connectivity index (χ2v) is 1.78. The van der Waals surface area contributed by atoms with Gasteiger partial charge in [-0.15, -0.1) is 11.6 Å². The first-order valence-electron chi connectivity index (χ1n) is 2.70. The summed E-state index contributed by atoms with van der Waals surface area (Å²) in [6.07, 6.45) is 0. The number of nitrogens with one attached hydrogen (secondary N) is 1. The topological polar surface area (TPSA) is 21.3 Å². The minimum absolute atomic E-state index is 0.587. The van der Waals surface area contributed by atoms with Crippen LogP contribution in [0.3, 0.4) is 0 Å². The normalized spacial score (nSPS) is 9.75. The maximum atomic E-state index is 5.34. The molecule has 2 nitrogen and oxygen atoms in total. The van der Waals surface area contributed by atoms with Gasteiger partial charge in [0.1, 0.15) is 0 Å². The van der Waals surface area contributed by atoms with Crippen molar-refractivity contribution in [2.24, 2.45) is 0 Å². The molecule has 0 unspecified atom stereocenters. The van der Waals surface area contributed by atoms with E-state index >= 15 is 0 Å². The molecule has 0 aliphatic rings. The zero-order valence-corrected chi connectivity index (χ0v) is 5.87. The van der Waals surface area contributed by atoms with Crippen LogP contribution in [0.1, 0.15) is 0 Å². The van der Waals surface area contributed by atoms with E-state index in [-0.39, 0.29) is 0 Å². The van der Waals surface area contributed by atoms with E-state index in [1.165, 1.54) is 0 Å². The van der Waals surface area contributed by atoms with Gasteiger partial charge in [-0.05, 0) is 7.05 Å². The van der Waals surface area contributed by atoms with Crippen LogP contribution in [-0.4, -0.2) is 32.7 Å². The number of likely N-dealkylation sites (N-methyl/N-ethyl adjacent to an activating group) is 1. The average Bonchev–Trinajstić information content (AvgIpc) is 1.81. The van der Waals surface area contributed by atoms with Crippen molar-refractivity contribution < 1.29 is 4.74 Å². The Morgan fingerprint density at radius 1 is 1.50 bits per heavy atom. The fourth-order valence-electron chi connectivity index (χ4n) is 0.331.